The van der Waals surface area contributed by atoms with Gasteiger partial charge in [0.1, 0.15) is 5.82 Å². The third-order valence-electron chi connectivity index (χ3n) is 10.6. The average Bonchev–Trinajstić information content (AvgIpc) is 3.79. The third kappa shape index (κ3) is 5.62. The number of benzene rings is 3. The minimum Gasteiger partial charge on any atom is -0.342 e. The second kappa shape index (κ2) is 12.2. The van der Waals surface area contributed by atoms with Crippen molar-refractivity contribution in [2.45, 2.75) is 62.3 Å². The summed E-state index contributed by atoms with van der Waals surface area (Å²) in [6, 6.07) is 26.9. The summed E-state index contributed by atoms with van der Waals surface area (Å²) in [5.41, 5.74) is 1.96. The predicted molar refractivity (Wildman–Crippen MR) is 168 cm³/mol. The first-order chi connectivity index (χ1) is 20.8. The number of carbonyl (C=O) groups excluding carboxylic acids is 2. The van der Waals surface area contributed by atoms with E-state index in [-0.39, 0.29) is 29.6 Å². The van der Waals surface area contributed by atoms with Gasteiger partial charge in [0.15, 0.2) is 0 Å². The molecule has 3 atom stereocenters. The number of likely N-dealkylation sites (tertiary alicyclic amines) is 2. The van der Waals surface area contributed by atoms with Gasteiger partial charge in [-0.2, -0.15) is 0 Å². The summed E-state index contributed by atoms with van der Waals surface area (Å²) in [4.78, 5) is 34.8. The zero-order valence-corrected chi connectivity index (χ0v) is 25.6. The van der Waals surface area contributed by atoms with Crippen molar-refractivity contribution in [3.8, 4) is 0 Å². The number of nitrogens with zero attached hydrogens (tertiary/aromatic N) is 3. The van der Waals surface area contributed by atoms with Crippen LogP contribution in [0.3, 0.4) is 0 Å². The Morgan fingerprint density at radius 2 is 1.44 bits per heavy atom. The Hall–Kier alpha value is -3.51. The Morgan fingerprint density at radius 3 is 2.07 bits per heavy atom. The van der Waals surface area contributed by atoms with Gasteiger partial charge in [-0.05, 0) is 93.3 Å². The fourth-order valence-electron chi connectivity index (χ4n) is 7.69. The molecular formula is C37H44FN3O2. The molecule has 2 amide bonds. The summed E-state index contributed by atoms with van der Waals surface area (Å²) >= 11 is 0. The van der Waals surface area contributed by atoms with Crippen LogP contribution in [0.15, 0.2) is 84.9 Å². The maximum atomic E-state index is 14.3. The molecule has 226 valence electrons. The van der Waals surface area contributed by atoms with E-state index in [0.717, 1.165) is 81.5 Å². The zero-order chi connectivity index (χ0) is 30.0. The van der Waals surface area contributed by atoms with Gasteiger partial charge in [0.25, 0.3) is 0 Å². The number of halogens is 1. The number of rotatable bonds is 8. The second-order valence-corrected chi connectivity index (χ2v) is 13.0. The van der Waals surface area contributed by atoms with Crippen molar-refractivity contribution < 1.29 is 14.0 Å². The zero-order valence-electron chi connectivity index (χ0n) is 25.6. The summed E-state index contributed by atoms with van der Waals surface area (Å²) in [5, 5.41) is 0. The Morgan fingerprint density at radius 1 is 0.837 bits per heavy atom. The fraction of sp³-hybridized carbons (Fsp3) is 0.459. The topological polar surface area (TPSA) is 43.9 Å². The molecule has 2 saturated heterocycles. The molecule has 3 fully saturated rings. The first-order valence-electron chi connectivity index (χ1n) is 16.0. The molecule has 6 rings (SSSR count). The Kier molecular flexibility index (Phi) is 8.41. The maximum Gasteiger partial charge on any atom is 0.233 e. The molecule has 0 bridgehead atoms. The van der Waals surface area contributed by atoms with E-state index in [1.165, 1.54) is 18.6 Å². The van der Waals surface area contributed by atoms with Crippen LogP contribution < -0.4 is 0 Å². The number of likely N-dealkylation sites (N-methyl/N-ethyl adjacent to an activating group) is 1. The van der Waals surface area contributed by atoms with Gasteiger partial charge < -0.3 is 14.7 Å². The summed E-state index contributed by atoms with van der Waals surface area (Å²) < 4.78 is 14.0. The largest absolute Gasteiger partial charge is 0.342 e. The number of amides is 2. The summed E-state index contributed by atoms with van der Waals surface area (Å²) in [6.07, 6.45) is 5.67. The van der Waals surface area contributed by atoms with E-state index >= 15 is 0 Å². The molecule has 3 aromatic carbocycles. The molecular weight excluding hydrogens is 537 g/mol. The number of hydrogen-bond donors (Lipinski definition) is 0. The lowest BCUT2D eigenvalue weighted by atomic mass is 9.71. The molecule has 43 heavy (non-hydrogen) atoms. The van der Waals surface area contributed by atoms with E-state index in [4.69, 9.17) is 0 Å². The third-order valence-corrected chi connectivity index (χ3v) is 10.6. The minimum absolute atomic E-state index is 0.0745. The first-order valence-corrected chi connectivity index (χ1v) is 16.0. The standard InChI is InChI=1S/C37H44FN3O2/c1-28(29-12-6-3-7-13-29)39(2)35(43)37(31-16-18-33(38)19-17-31)26-32(37)27-40-24-20-36(21-25-40,30-14-8-4-9-15-30)34(42)41-22-10-5-11-23-41/h3-4,6-9,12-19,28,32H,5,10-11,20-27H2,1-2H3/t28?,32-,37+/m0/s1. The van der Waals surface area contributed by atoms with E-state index < -0.39 is 10.8 Å². The van der Waals surface area contributed by atoms with Crippen molar-refractivity contribution in [3.05, 3.63) is 107 Å². The molecule has 0 spiro atoms. The molecule has 1 saturated carbocycles. The van der Waals surface area contributed by atoms with Gasteiger partial charge in [-0.3, -0.25) is 9.59 Å². The van der Waals surface area contributed by atoms with Crippen LogP contribution in [0.1, 0.15) is 68.2 Å². The van der Waals surface area contributed by atoms with Crippen LogP contribution >= 0.6 is 0 Å². The Bertz CT molecular complexity index is 1400. The van der Waals surface area contributed by atoms with Crippen LogP contribution in [0.4, 0.5) is 4.39 Å². The number of piperidine rings is 2. The van der Waals surface area contributed by atoms with E-state index in [2.05, 4.69) is 41.0 Å². The molecule has 0 aromatic heterocycles. The molecule has 3 aromatic rings. The predicted octanol–water partition coefficient (Wildman–Crippen LogP) is 6.35. The highest BCUT2D eigenvalue weighted by molar-refractivity contribution is 5.92. The van der Waals surface area contributed by atoms with Gasteiger partial charge in [-0.25, -0.2) is 4.39 Å². The van der Waals surface area contributed by atoms with Crippen LogP contribution in [-0.2, 0) is 20.4 Å². The van der Waals surface area contributed by atoms with Crippen molar-refractivity contribution >= 4 is 11.8 Å². The number of carbonyl (C=O) groups is 2. The molecule has 2 heterocycles. The van der Waals surface area contributed by atoms with E-state index in [9.17, 15) is 14.0 Å². The number of hydrogen-bond acceptors (Lipinski definition) is 3. The molecule has 2 aliphatic heterocycles. The van der Waals surface area contributed by atoms with Gasteiger partial charge in [-0.1, -0.05) is 72.8 Å². The molecule has 1 unspecified atom stereocenters. The SMILES string of the molecule is CC(c1ccccc1)N(C)C(=O)[C@@]1(c2ccc(F)cc2)C[C@H]1CN1CCC(C(=O)N2CCCCC2)(c2ccccc2)CC1. The van der Waals surface area contributed by atoms with Crippen LogP contribution in [0.5, 0.6) is 0 Å². The van der Waals surface area contributed by atoms with Gasteiger partial charge in [0, 0.05) is 26.7 Å². The quantitative estimate of drug-likeness (QED) is 0.312. The summed E-state index contributed by atoms with van der Waals surface area (Å²) in [6.45, 7) is 6.20. The lowest BCUT2D eigenvalue weighted by Gasteiger charge is -2.44. The van der Waals surface area contributed by atoms with Gasteiger partial charge in [-0.15, -0.1) is 0 Å². The Balaban J connectivity index is 1.20. The highest BCUT2D eigenvalue weighted by Crippen LogP contribution is 2.56. The molecule has 5 nitrogen and oxygen atoms in total. The van der Waals surface area contributed by atoms with E-state index in [1.807, 2.05) is 48.3 Å². The van der Waals surface area contributed by atoms with Crippen molar-refractivity contribution in [2.24, 2.45) is 5.92 Å². The van der Waals surface area contributed by atoms with Gasteiger partial charge in [0.05, 0.1) is 16.9 Å². The molecule has 3 aliphatic rings. The normalized spacial score (nSPS) is 24.3. The van der Waals surface area contributed by atoms with Crippen molar-refractivity contribution in [1.29, 1.82) is 0 Å². The lowest BCUT2D eigenvalue weighted by Crippen LogP contribution is -2.54. The van der Waals surface area contributed by atoms with E-state index in [1.54, 1.807) is 12.1 Å². The van der Waals surface area contributed by atoms with Crippen molar-refractivity contribution in [3.63, 3.8) is 0 Å². The van der Waals surface area contributed by atoms with Gasteiger partial charge >= 0.3 is 0 Å². The van der Waals surface area contributed by atoms with Gasteiger partial charge in [0.2, 0.25) is 11.8 Å². The highest BCUT2D eigenvalue weighted by atomic mass is 19.1. The van der Waals surface area contributed by atoms with Crippen LogP contribution in [0, 0.1) is 11.7 Å². The molecule has 6 heteroatoms. The first kappa shape index (κ1) is 29.6. The fourth-order valence-corrected chi connectivity index (χ4v) is 7.69. The average molecular weight is 582 g/mol. The van der Waals surface area contributed by atoms with Crippen LogP contribution in [0.2, 0.25) is 0 Å². The van der Waals surface area contributed by atoms with Crippen LogP contribution in [0.25, 0.3) is 0 Å². The lowest BCUT2D eigenvalue weighted by molar-refractivity contribution is -0.140. The Labute approximate surface area is 255 Å². The van der Waals surface area contributed by atoms with Crippen molar-refractivity contribution in [1.82, 2.24) is 14.7 Å². The smallest absolute Gasteiger partial charge is 0.233 e. The van der Waals surface area contributed by atoms with Crippen LogP contribution in [-0.4, -0.2) is 66.3 Å². The van der Waals surface area contributed by atoms with Crippen molar-refractivity contribution in [2.75, 3.05) is 39.8 Å². The maximum absolute atomic E-state index is 14.3. The summed E-state index contributed by atoms with van der Waals surface area (Å²) in [7, 11) is 1.89. The minimum atomic E-state index is -0.664. The highest BCUT2D eigenvalue weighted by Gasteiger charge is 2.62. The monoisotopic (exact) mass is 581 g/mol. The summed E-state index contributed by atoms with van der Waals surface area (Å²) in [5.74, 6) is 0.229. The molecule has 0 N–H and O–H groups in total. The molecule has 1 aliphatic carbocycles. The second-order valence-electron chi connectivity index (χ2n) is 13.0. The molecule has 0 radical (unpaired) electrons. The van der Waals surface area contributed by atoms with E-state index in [0.29, 0.717) is 0 Å².